The van der Waals surface area contributed by atoms with Gasteiger partial charge in [0.15, 0.2) is 0 Å². The lowest BCUT2D eigenvalue weighted by atomic mass is 10.0. The minimum atomic E-state index is -4.61. The molecule has 1 aliphatic heterocycles. The Balaban J connectivity index is 2.26. The third-order valence-corrected chi connectivity index (χ3v) is 2.21. The van der Waals surface area contributed by atoms with Gasteiger partial charge in [0, 0.05) is 12.0 Å². The van der Waals surface area contributed by atoms with Gasteiger partial charge < -0.3 is 0 Å². The Morgan fingerprint density at radius 3 is 2.65 bits per heavy atom. The summed E-state index contributed by atoms with van der Waals surface area (Å²) >= 11 is 0. The van der Waals surface area contributed by atoms with E-state index in [9.17, 15) is 18.0 Å². The number of hydroxylamine groups is 1. The number of halogens is 3. The van der Waals surface area contributed by atoms with Gasteiger partial charge in [0.1, 0.15) is 0 Å². The lowest BCUT2D eigenvalue weighted by molar-refractivity contribution is -0.125. The summed E-state index contributed by atoms with van der Waals surface area (Å²) in [4.78, 5) is 17.7. The van der Waals surface area contributed by atoms with Crippen molar-refractivity contribution in [3.63, 3.8) is 0 Å². The van der Waals surface area contributed by atoms with Gasteiger partial charge in [-0.15, -0.1) is 0 Å². The number of aliphatic imine (C=N–C) groups is 2. The first-order chi connectivity index (χ1) is 7.91. The Morgan fingerprint density at radius 1 is 1.35 bits per heavy atom. The molecule has 17 heavy (non-hydrogen) atoms. The van der Waals surface area contributed by atoms with Crippen molar-refractivity contribution in [3.05, 3.63) is 23.4 Å². The van der Waals surface area contributed by atoms with Crippen LogP contribution in [0.25, 0.3) is 0 Å². The molecular weight excluding hydrogens is 239 g/mol. The van der Waals surface area contributed by atoms with E-state index in [2.05, 4.69) is 9.98 Å². The number of hydrogen-bond donors (Lipinski definition) is 2. The van der Waals surface area contributed by atoms with Gasteiger partial charge in [-0.25, -0.2) is 15.5 Å². The number of rotatable bonds is 1. The van der Waals surface area contributed by atoms with E-state index in [1.807, 2.05) is 0 Å². The highest BCUT2D eigenvalue weighted by Crippen LogP contribution is 2.28. The predicted molar refractivity (Wildman–Crippen MR) is 51.6 cm³/mol. The summed E-state index contributed by atoms with van der Waals surface area (Å²) in [6, 6.07) is 0. The van der Waals surface area contributed by atoms with Gasteiger partial charge in [-0.2, -0.15) is 13.2 Å². The molecule has 0 saturated carbocycles. The molecule has 0 atom stereocenters. The number of amidine groups is 1. The summed E-state index contributed by atoms with van der Waals surface area (Å²) in [5.41, 5.74) is 1.68. The van der Waals surface area contributed by atoms with Crippen molar-refractivity contribution >= 4 is 17.5 Å². The molecule has 0 aromatic heterocycles. The average Bonchev–Trinajstić information content (AvgIpc) is 2.70. The number of nitrogens with zero attached hydrogens (tertiary/aromatic N) is 2. The van der Waals surface area contributed by atoms with E-state index in [0.717, 1.165) is 0 Å². The van der Waals surface area contributed by atoms with Crippen molar-refractivity contribution < 1.29 is 23.2 Å². The van der Waals surface area contributed by atoms with Crippen LogP contribution in [0.1, 0.15) is 6.42 Å². The van der Waals surface area contributed by atoms with E-state index < -0.39 is 17.9 Å². The quantitative estimate of drug-likeness (QED) is 0.536. The fraction of sp³-hybridized carbons (Fsp3) is 0.222. The fourth-order valence-corrected chi connectivity index (χ4v) is 1.43. The van der Waals surface area contributed by atoms with Crippen molar-refractivity contribution in [2.75, 3.05) is 0 Å². The minimum absolute atomic E-state index is 0.0680. The predicted octanol–water partition coefficient (Wildman–Crippen LogP) is 1.12. The zero-order chi connectivity index (χ0) is 12.6. The van der Waals surface area contributed by atoms with E-state index in [4.69, 9.17) is 5.21 Å². The molecule has 0 spiro atoms. The molecule has 8 heteroatoms. The summed E-state index contributed by atoms with van der Waals surface area (Å²) in [7, 11) is 0. The maximum absolute atomic E-state index is 12.3. The van der Waals surface area contributed by atoms with Gasteiger partial charge in [-0.3, -0.25) is 10.0 Å². The topological polar surface area (TPSA) is 74.0 Å². The highest BCUT2D eigenvalue weighted by molar-refractivity contribution is 6.18. The van der Waals surface area contributed by atoms with E-state index in [0.29, 0.717) is 0 Å². The molecule has 0 radical (unpaired) electrons. The van der Waals surface area contributed by atoms with Crippen LogP contribution in [0.3, 0.4) is 0 Å². The van der Waals surface area contributed by atoms with Crippen LogP contribution in [0, 0.1) is 0 Å². The van der Waals surface area contributed by atoms with Gasteiger partial charge in [0.2, 0.25) is 5.84 Å². The Morgan fingerprint density at radius 2 is 2.06 bits per heavy atom. The van der Waals surface area contributed by atoms with Crippen LogP contribution >= 0.6 is 0 Å². The molecule has 2 N–H and O–H groups in total. The first kappa shape index (κ1) is 11.5. The fourth-order valence-electron chi connectivity index (χ4n) is 1.43. The molecule has 2 rings (SSSR count). The van der Waals surface area contributed by atoms with E-state index in [1.165, 1.54) is 17.6 Å². The number of allylic oxidation sites excluding steroid dienone is 3. The molecule has 1 aliphatic carbocycles. The van der Waals surface area contributed by atoms with Crippen molar-refractivity contribution in [2.45, 2.75) is 12.6 Å². The Kier molecular flexibility index (Phi) is 2.58. The Hall–Kier alpha value is -1.96. The normalized spacial score (nSPS) is 18.8. The van der Waals surface area contributed by atoms with Gasteiger partial charge in [-0.05, 0) is 6.08 Å². The molecule has 0 aromatic carbocycles. The highest BCUT2D eigenvalue weighted by atomic mass is 19.4. The third-order valence-electron chi connectivity index (χ3n) is 2.21. The summed E-state index contributed by atoms with van der Waals surface area (Å²) in [5, 5.41) is 8.40. The van der Waals surface area contributed by atoms with E-state index >= 15 is 0 Å². The average molecular weight is 245 g/mol. The van der Waals surface area contributed by atoms with Gasteiger partial charge in [-0.1, -0.05) is 6.08 Å². The number of hydrogen-bond acceptors (Lipinski definition) is 4. The molecule has 1 heterocycles. The summed E-state index contributed by atoms with van der Waals surface area (Å²) in [6.45, 7) is 0. The number of carbonyl (C=O) groups excluding carboxylic acids is 1. The second-order valence-corrected chi connectivity index (χ2v) is 3.35. The SMILES string of the molecule is O=C(NO)C1=CC=C2N=C(C(F)(F)F)N=C2C1. The van der Waals surface area contributed by atoms with E-state index in [-0.39, 0.29) is 23.4 Å². The second-order valence-electron chi connectivity index (χ2n) is 3.35. The van der Waals surface area contributed by atoms with Crippen LogP contribution in [0.15, 0.2) is 33.4 Å². The lowest BCUT2D eigenvalue weighted by Gasteiger charge is -2.09. The molecule has 0 aromatic rings. The maximum Gasteiger partial charge on any atom is 0.451 e. The third kappa shape index (κ3) is 2.11. The monoisotopic (exact) mass is 245 g/mol. The zero-order valence-electron chi connectivity index (χ0n) is 8.25. The van der Waals surface area contributed by atoms with E-state index in [1.54, 1.807) is 0 Å². The van der Waals surface area contributed by atoms with Crippen LogP contribution < -0.4 is 5.48 Å². The number of fused-ring (bicyclic) bond motifs is 1. The molecule has 2 aliphatic rings. The first-order valence-electron chi connectivity index (χ1n) is 4.51. The van der Waals surface area contributed by atoms with Crippen LogP contribution in [0.4, 0.5) is 13.2 Å². The van der Waals surface area contributed by atoms with Gasteiger partial charge >= 0.3 is 6.18 Å². The largest absolute Gasteiger partial charge is 0.451 e. The molecule has 90 valence electrons. The van der Waals surface area contributed by atoms with Crippen molar-refractivity contribution in [3.8, 4) is 0 Å². The minimum Gasteiger partial charge on any atom is -0.288 e. The Bertz CT molecular complexity index is 500. The van der Waals surface area contributed by atoms with Crippen LogP contribution in [0.2, 0.25) is 0 Å². The summed E-state index contributed by atoms with van der Waals surface area (Å²) in [6.07, 6.45) is -2.15. The van der Waals surface area contributed by atoms with Crippen LogP contribution in [0.5, 0.6) is 0 Å². The number of nitrogens with one attached hydrogen (secondary N) is 1. The number of amides is 1. The molecule has 1 amide bonds. The molecule has 0 fully saturated rings. The van der Waals surface area contributed by atoms with Crippen LogP contribution in [-0.4, -0.2) is 28.8 Å². The number of alkyl halides is 3. The second kappa shape index (κ2) is 3.81. The lowest BCUT2D eigenvalue weighted by Crippen LogP contribution is -2.23. The number of carbonyl (C=O) groups is 1. The molecule has 0 bridgehead atoms. The Labute approximate surface area is 93.0 Å². The van der Waals surface area contributed by atoms with Crippen molar-refractivity contribution in [1.82, 2.24) is 5.48 Å². The van der Waals surface area contributed by atoms with Crippen molar-refractivity contribution in [1.29, 1.82) is 0 Å². The maximum atomic E-state index is 12.3. The van der Waals surface area contributed by atoms with Gasteiger partial charge in [0.05, 0.1) is 11.4 Å². The highest BCUT2D eigenvalue weighted by Gasteiger charge is 2.40. The molecule has 0 unspecified atom stereocenters. The summed E-state index contributed by atoms with van der Waals surface area (Å²) in [5.74, 6) is -2.00. The molecule has 5 nitrogen and oxygen atoms in total. The smallest absolute Gasteiger partial charge is 0.288 e. The zero-order valence-corrected chi connectivity index (χ0v) is 8.25. The first-order valence-corrected chi connectivity index (χ1v) is 4.51. The summed E-state index contributed by atoms with van der Waals surface area (Å²) < 4.78 is 37.0. The van der Waals surface area contributed by atoms with Gasteiger partial charge in [0.25, 0.3) is 5.91 Å². The standard InChI is InChI=1S/C9H6F3N3O2/c10-9(11,12)8-13-5-2-1-4(7(16)15-17)3-6(5)14-8/h1-2,17H,3H2,(H,15,16). The molecule has 0 saturated heterocycles. The van der Waals surface area contributed by atoms with Crippen molar-refractivity contribution in [2.24, 2.45) is 9.98 Å². The molecular formula is C9H6F3N3O2. The van der Waals surface area contributed by atoms with Crippen LogP contribution in [-0.2, 0) is 4.79 Å².